The molecule has 1 saturated carbocycles. The van der Waals surface area contributed by atoms with Crippen molar-refractivity contribution in [2.75, 3.05) is 12.4 Å². The van der Waals surface area contributed by atoms with Crippen LogP contribution in [0.1, 0.15) is 24.3 Å². The standard InChI is InChI=1S/C13H16ClNO/c14-7-4-8-15-13(16)12-9-11(12)10-5-2-1-3-6-10/h1-3,5-6,11-12H,4,7-9H2,(H,15,16). The third-order valence-electron chi connectivity index (χ3n) is 2.96. The summed E-state index contributed by atoms with van der Waals surface area (Å²) in [7, 11) is 0. The minimum Gasteiger partial charge on any atom is -0.356 e. The van der Waals surface area contributed by atoms with Gasteiger partial charge in [0.1, 0.15) is 0 Å². The second-order valence-electron chi connectivity index (χ2n) is 4.19. The fraction of sp³-hybridized carbons (Fsp3) is 0.462. The van der Waals surface area contributed by atoms with Crippen LogP contribution in [-0.4, -0.2) is 18.3 Å². The summed E-state index contributed by atoms with van der Waals surface area (Å²) in [4.78, 5) is 11.7. The van der Waals surface area contributed by atoms with Gasteiger partial charge in [-0.25, -0.2) is 0 Å². The van der Waals surface area contributed by atoms with E-state index in [-0.39, 0.29) is 11.8 Å². The lowest BCUT2D eigenvalue weighted by Gasteiger charge is -2.03. The zero-order valence-corrected chi connectivity index (χ0v) is 9.91. The molecule has 0 saturated heterocycles. The van der Waals surface area contributed by atoms with Crippen LogP contribution >= 0.6 is 11.6 Å². The number of halogens is 1. The Labute approximate surface area is 101 Å². The molecule has 0 radical (unpaired) electrons. The SMILES string of the molecule is O=C(NCCCCl)C1CC1c1ccccc1. The van der Waals surface area contributed by atoms with Crippen molar-refractivity contribution in [3.05, 3.63) is 35.9 Å². The van der Waals surface area contributed by atoms with E-state index in [9.17, 15) is 4.79 Å². The molecule has 2 rings (SSSR count). The van der Waals surface area contributed by atoms with E-state index >= 15 is 0 Å². The van der Waals surface area contributed by atoms with Crippen LogP contribution in [0.25, 0.3) is 0 Å². The van der Waals surface area contributed by atoms with Crippen molar-refractivity contribution in [3.8, 4) is 0 Å². The fourth-order valence-corrected chi connectivity index (χ4v) is 2.10. The third kappa shape index (κ3) is 2.76. The molecule has 0 spiro atoms. The summed E-state index contributed by atoms with van der Waals surface area (Å²) < 4.78 is 0. The number of carbonyl (C=O) groups excluding carboxylic acids is 1. The van der Waals surface area contributed by atoms with Gasteiger partial charge in [-0.2, -0.15) is 0 Å². The first-order valence-corrected chi connectivity index (χ1v) is 6.25. The first kappa shape index (κ1) is 11.5. The topological polar surface area (TPSA) is 29.1 Å². The zero-order valence-electron chi connectivity index (χ0n) is 9.16. The molecular formula is C13H16ClNO. The molecule has 3 heteroatoms. The van der Waals surface area contributed by atoms with Crippen molar-refractivity contribution >= 4 is 17.5 Å². The van der Waals surface area contributed by atoms with Gasteiger partial charge in [-0.1, -0.05) is 30.3 Å². The predicted octanol–water partition coefficient (Wildman–Crippen LogP) is 2.54. The summed E-state index contributed by atoms with van der Waals surface area (Å²) in [6, 6.07) is 10.2. The van der Waals surface area contributed by atoms with E-state index in [4.69, 9.17) is 11.6 Å². The molecule has 1 amide bonds. The van der Waals surface area contributed by atoms with Crippen LogP contribution in [0, 0.1) is 5.92 Å². The summed E-state index contributed by atoms with van der Waals surface area (Å²) in [5.74, 6) is 1.39. The second kappa shape index (κ2) is 5.35. The van der Waals surface area contributed by atoms with E-state index < -0.39 is 0 Å². The lowest BCUT2D eigenvalue weighted by Crippen LogP contribution is -2.26. The molecule has 0 aliphatic heterocycles. The molecule has 1 aliphatic rings. The zero-order chi connectivity index (χ0) is 11.4. The van der Waals surface area contributed by atoms with Gasteiger partial charge in [-0.15, -0.1) is 11.6 Å². The van der Waals surface area contributed by atoms with Gasteiger partial charge >= 0.3 is 0 Å². The lowest BCUT2D eigenvalue weighted by molar-refractivity contribution is -0.122. The average Bonchev–Trinajstić information content (AvgIpc) is 3.10. The Morgan fingerprint density at radius 1 is 1.38 bits per heavy atom. The number of carbonyl (C=O) groups is 1. The number of hydrogen-bond acceptors (Lipinski definition) is 1. The van der Waals surface area contributed by atoms with Gasteiger partial charge in [0.15, 0.2) is 0 Å². The summed E-state index contributed by atoms with van der Waals surface area (Å²) in [5.41, 5.74) is 1.28. The Balaban J connectivity index is 1.80. The number of rotatable bonds is 5. The van der Waals surface area contributed by atoms with E-state index in [1.165, 1.54) is 5.56 Å². The molecular weight excluding hydrogens is 222 g/mol. The van der Waals surface area contributed by atoms with Gasteiger partial charge in [0.05, 0.1) is 0 Å². The normalized spacial score (nSPS) is 22.8. The molecule has 1 aromatic rings. The van der Waals surface area contributed by atoms with E-state index in [0.717, 1.165) is 12.8 Å². The first-order chi connectivity index (χ1) is 7.83. The fourth-order valence-electron chi connectivity index (χ4n) is 1.96. The van der Waals surface area contributed by atoms with Crippen LogP contribution in [-0.2, 0) is 4.79 Å². The molecule has 0 bridgehead atoms. The molecule has 1 aromatic carbocycles. The average molecular weight is 238 g/mol. The Morgan fingerprint density at radius 3 is 2.81 bits per heavy atom. The molecule has 86 valence electrons. The largest absolute Gasteiger partial charge is 0.356 e. The van der Waals surface area contributed by atoms with Gasteiger partial charge < -0.3 is 5.32 Å². The van der Waals surface area contributed by atoms with Crippen LogP contribution in [0.2, 0.25) is 0 Å². The van der Waals surface area contributed by atoms with Crippen molar-refractivity contribution in [2.45, 2.75) is 18.8 Å². The van der Waals surface area contributed by atoms with Gasteiger partial charge in [-0.3, -0.25) is 4.79 Å². The van der Waals surface area contributed by atoms with Crippen LogP contribution in [0.4, 0.5) is 0 Å². The van der Waals surface area contributed by atoms with Gasteiger partial charge in [0.2, 0.25) is 5.91 Å². The Bertz CT molecular complexity index is 352. The molecule has 1 aliphatic carbocycles. The number of amides is 1. The van der Waals surface area contributed by atoms with E-state index in [1.54, 1.807) is 0 Å². The minimum absolute atomic E-state index is 0.178. The Kier molecular flexibility index (Phi) is 3.83. The number of nitrogens with one attached hydrogen (secondary N) is 1. The number of hydrogen-bond donors (Lipinski definition) is 1. The Hall–Kier alpha value is -1.02. The highest BCUT2D eigenvalue weighted by Crippen LogP contribution is 2.47. The van der Waals surface area contributed by atoms with E-state index in [2.05, 4.69) is 17.4 Å². The van der Waals surface area contributed by atoms with Crippen LogP contribution in [0.15, 0.2) is 30.3 Å². The van der Waals surface area contributed by atoms with Crippen molar-refractivity contribution in [3.63, 3.8) is 0 Å². The molecule has 0 heterocycles. The minimum atomic E-state index is 0.178. The molecule has 1 N–H and O–H groups in total. The van der Waals surface area contributed by atoms with Crippen molar-refractivity contribution < 1.29 is 4.79 Å². The second-order valence-corrected chi connectivity index (χ2v) is 4.57. The number of benzene rings is 1. The van der Waals surface area contributed by atoms with Crippen molar-refractivity contribution in [1.29, 1.82) is 0 Å². The van der Waals surface area contributed by atoms with Crippen molar-refractivity contribution in [2.24, 2.45) is 5.92 Å². The van der Waals surface area contributed by atoms with Gasteiger partial charge in [-0.05, 0) is 24.3 Å². The van der Waals surface area contributed by atoms with Crippen molar-refractivity contribution in [1.82, 2.24) is 5.32 Å². The highest BCUT2D eigenvalue weighted by Gasteiger charge is 2.43. The first-order valence-electron chi connectivity index (χ1n) is 5.71. The molecule has 2 nitrogen and oxygen atoms in total. The molecule has 2 atom stereocenters. The van der Waals surface area contributed by atoms with Crippen LogP contribution in [0.3, 0.4) is 0 Å². The van der Waals surface area contributed by atoms with E-state index in [1.807, 2.05) is 18.2 Å². The maximum Gasteiger partial charge on any atom is 0.223 e. The van der Waals surface area contributed by atoms with Crippen LogP contribution < -0.4 is 5.32 Å². The van der Waals surface area contributed by atoms with Crippen LogP contribution in [0.5, 0.6) is 0 Å². The Morgan fingerprint density at radius 2 is 2.12 bits per heavy atom. The molecule has 16 heavy (non-hydrogen) atoms. The molecule has 2 unspecified atom stereocenters. The summed E-state index contributed by atoms with van der Waals surface area (Å²) in [5, 5.41) is 2.92. The third-order valence-corrected chi connectivity index (χ3v) is 3.23. The molecule has 0 aromatic heterocycles. The summed E-state index contributed by atoms with van der Waals surface area (Å²) in [6.07, 6.45) is 1.83. The number of alkyl halides is 1. The molecule has 1 fully saturated rings. The smallest absolute Gasteiger partial charge is 0.223 e. The highest BCUT2D eigenvalue weighted by atomic mass is 35.5. The summed E-state index contributed by atoms with van der Waals surface area (Å²) >= 11 is 5.55. The quantitative estimate of drug-likeness (QED) is 0.619. The monoisotopic (exact) mass is 237 g/mol. The van der Waals surface area contributed by atoms with Gasteiger partial charge in [0.25, 0.3) is 0 Å². The summed E-state index contributed by atoms with van der Waals surface area (Å²) in [6.45, 7) is 0.695. The lowest BCUT2D eigenvalue weighted by atomic mass is 10.1. The van der Waals surface area contributed by atoms with E-state index in [0.29, 0.717) is 18.3 Å². The maximum absolute atomic E-state index is 11.7. The highest BCUT2D eigenvalue weighted by molar-refractivity contribution is 6.17. The maximum atomic E-state index is 11.7. The van der Waals surface area contributed by atoms with Gasteiger partial charge in [0, 0.05) is 18.3 Å². The predicted molar refractivity (Wildman–Crippen MR) is 65.6 cm³/mol.